The Labute approximate surface area is 137 Å². The molecule has 0 radical (unpaired) electrons. The topological polar surface area (TPSA) is 93.2 Å². The molecule has 4 N–H and O–H groups in total. The summed E-state index contributed by atoms with van der Waals surface area (Å²) in [5.74, 6) is 0. The van der Waals surface area contributed by atoms with Crippen LogP contribution in [0.4, 0.5) is 22.7 Å². The van der Waals surface area contributed by atoms with Gasteiger partial charge in [0.25, 0.3) is 5.69 Å². The number of nitro groups is 1. The summed E-state index contributed by atoms with van der Waals surface area (Å²) in [5, 5.41) is 17.6. The van der Waals surface area contributed by atoms with Gasteiger partial charge < -0.3 is 16.4 Å². The van der Waals surface area contributed by atoms with Crippen molar-refractivity contribution in [2.75, 3.05) is 16.4 Å². The summed E-state index contributed by atoms with van der Waals surface area (Å²) in [6.45, 7) is 1.90. The van der Waals surface area contributed by atoms with Crippen molar-refractivity contribution >= 4 is 51.7 Å². The number of nitrogen functional groups attached to an aromatic ring is 1. The van der Waals surface area contributed by atoms with Gasteiger partial charge in [-0.3, -0.25) is 10.1 Å². The zero-order valence-corrected chi connectivity index (χ0v) is 13.2. The predicted molar refractivity (Wildman–Crippen MR) is 93.5 cm³/mol. The molecular formula is C14H13ClN4O2S. The Morgan fingerprint density at radius 3 is 2.41 bits per heavy atom. The van der Waals surface area contributed by atoms with E-state index < -0.39 is 4.92 Å². The van der Waals surface area contributed by atoms with Crippen molar-refractivity contribution in [3.8, 4) is 0 Å². The molecule has 0 unspecified atom stereocenters. The normalized spacial score (nSPS) is 10.1. The van der Waals surface area contributed by atoms with Gasteiger partial charge in [0.2, 0.25) is 0 Å². The molecule has 0 aromatic heterocycles. The Bertz CT molecular complexity index is 752. The van der Waals surface area contributed by atoms with Crippen LogP contribution in [0, 0.1) is 17.0 Å². The third kappa shape index (κ3) is 3.84. The van der Waals surface area contributed by atoms with Crippen LogP contribution in [-0.4, -0.2) is 10.0 Å². The number of rotatable bonds is 3. The maximum absolute atomic E-state index is 10.9. The number of nitro benzene ring substituents is 1. The molecule has 0 aliphatic heterocycles. The molecule has 2 aromatic carbocycles. The second-order valence-electron chi connectivity index (χ2n) is 4.57. The van der Waals surface area contributed by atoms with Gasteiger partial charge in [-0.15, -0.1) is 0 Å². The molecule has 0 saturated carbocycles. The molecule has 0 atom stereocenters. The van der Waals surface area contributed by atoms with Gasteiger partial charge in [0, 0.05) is 22.5 Å². The monoisotopic (exact) mass is 336 g/mol. The fraction of sp³-hybridized carbons (Fsp3) is 0.0714. The van der Waals surface area contributed by atoms with Crippen LogP contribution in [0.25, 0.3) is 0 Å². The number of hydrogen-bond acceptors (Lipinski definition) is 4. The predicted octanol–water partition coefficient (Wildman–Crippen LogP) is 3.95. The maximum Gasteiger partial charge on any atom is 0.294 e. The lowest BCUT2D eigenvalue weighted by atomic mass is 10.2. The molecule has 8 heteroatoms. The van der Waals surface area contributed by atoms with Crippen molar-refractivity contribution in [3.05, 3.63) is 57.1 Å². The van der Waals surface area contributed by atoms with Crippen LogP contribution in [0.1, 0.15) is 5.56 Å². The number of nitrogens with one attached hydrogen (secondary N) is 2. The van der Waals surface area contributed by atoms with Gasteiger partial charge in [0.05, 0.1) is 4.92 Å². The number of hydrogen-bond donors (Lipinski definition) is 3. The first-order valence-corrected chi connectivity index (χ1v) is 7.03. The van der Waals surface area contributed by atoms with Gasteiger partial charge in [0.1, 0.15) is 5.69 Å². The Morgan fingerprint density at radius 1 is 1.23 bits per heavy atom. The zero-order chi connectivity index (χ0) is 16.3. The van der Waals surface area contributed by atoms with E-state index in [2.05, 4.69) is 10.6 Å². The van der Waals surface area contributed by atoms with Gasteiger partial charge in [-0.2, -0.15) is 0 Å². The summed E-state index contributed by atoms with van der Waals surface area (Å²) in [4.78, 5) is 10.3. The molecule has 0 bridgehead atoms. The van der Waals surface area contributed by atoms with E-state index in [1.807, 2.05) is 19.1 Å². The van der Waals surface area contributed by atoms with E-state index in [0.29, 0.717) is 15.8 Å². The highest BCUT2D eigenvalue weighted by molar-refractivity contribution is 7.80. The largest absolute Gasteiger partial charge is 0.393 e. The third-order valence-electron chi connectivity index (χ3n) is 2.91. The van der Waals surface area contributed by atoms with Gasteiger partial charge in [-0.05, 0) is 49.0 Å². The lowest BCUT2D eigenvalue weighted by molar-refractivity contribution is -0.383. The summed E-state index contributed by atoms with van der Waals surface area (Å²) in [7, 11) is 0. The Kier molecular flexibility index (Phi) is 4.79. The first-order chi connectivity index (χ1) is 10.4. The lowest BCUT2D eigenvalue weighted by Gasteiger charge is -2.11. The number of nitrogens with zero attached hydrogens (tertiary/aromatic N) is 1. The average Bonchev–Trinajstić information content (AvgIpc) is 2.44. The quantitative estimate of drug-likeness (QED) is 0.340. The molecule has 0 heterocycles. The summed E-state index contributed by atoms with van der Waals surface area (Å²) in [6, 6.07) is 9.83. The molecule has 0 spiro atoms. The second kappa shape index (κ2) is 6.59. The van der Waals surface area contributed by atoms with Crippen molar-refractivity contribution in [2.24, 2.45) is 0 Å². The summed E-state index contributed by atoms with van der Waals surface area (Å²) < 4.78 is 0. The highest BCUT2D eigenvalue weighted by Gasteiger charge is 2.12. The van der Waals surface area contributed by atoms with Crippen molar-refractivity contribution in [3.63, 3.8) is 0 Å². The Morgan fingerprint density at radius 2 is 1.82 bits per heavy atom. The molecule has 0 aliphatic carbocycles. The molecule has 22 heavy (non-hydrogen) atoms. The minimum atomic E-state index is -0.545. The second-order valence-corrected chi connectivity index (χ2v) is 5.39. The van der Waals surface area contributed by atoms with E-state index in [9.17, 15) is 10.1 Å². The van der Waals surface area contributed by atoms with E-state index in [1.165, 1.54) is 12.1 Å². The molecule has 6 nitrogen and oxygen atoms in total. The Balaban J connectivity index is 2.10. The van der Waals surface area contributed by atoms with Gasteiger partial charge in [-0.25, -0.2) is 0 Å². The number of aryl methyl sites for hydroxylation is 1. The average molecular weight is 337 g/mol. The van der Waals surface area contributed by atoms with E-state index in [1.54, 1.807) is 12.1 Å². The Hall–Kier alpha value is -2.38. The summed E-state index contributed by atoms with van der Waals surface area (Å²) in [5.41, 5.74) is 7.61. The van der Waals surface area contributed by atoms with Crippen LogP contribution in [0.15, 0.2) is 36.4 Å². The molecule has 0 aliphatic rings. The SMILES string of the molecule is Cc1ccc(NC(=S)Nc2ccc(N)c([N+](=O)[O-])c2)cc1Cl. The smallest absolute Gasteiger partial charge is 0.294 e. The van der Waals surface area contributed by atoms with Crippen LogP contribution in [0.3, 0.4) is 0 Å². The fourth-order valence-corrected chi connectivity index (χ4v) is 2.16. The highest BCUT2D eigenvalue weighted by atomic mass is 35.5. The van der Waals surface area contributed by atoms with Crippen LogP contribution >= 0.6 is 23.8 Å². The summed E-state index contributed by atoms with van der Waals surface area (Å²) >= 11 is 11.2. The van der Waals surface area contributed by atoms with Crippen molar-refractivity contribution in [1.29, 1.82) is 0 Å². The van der Waals surface area contributed by atoms with E-state index in [-0.39, 0.29) is 11.4 Å². The van der Waals surface area contributed by atoms with Gasteiger partial charge in [-0.1, -0.05) is 17.7 Å². The van der Waals surface area contributed by atoms with Gasteiger partial charge >= 0.3 is 0 Å². The van der Waals surface area contributed by atoms with Crippen LogP contribution in [0.5, 0.6) is 0 Å². The first kappa shape index (κ1) is 16.0. The molecule has 0 fully saturated rings. The lowest BCUT2D eigenvalue weighted by Crippen LogP contribution is -2.19. The van der Waals surface area contributed by atoms with E-state index in [4.69, 9.17) is 29.6 Å². The number of thiocarbonyl (C=S) groups is 1. The number of nitrogens with two attached hydrogens (primary N) is 1. The minimum Gasteiger partial charge on any atom is -0.393 e. The number of anilines is 3. The van der Waals surface area contributed by atoms with E-state index >= 15 is 0 Å². The molecule has 0 amide bonds. The number of halogens is 1. The fourth-order valence-electron chi connectivity index (χ4n) is 1.74. The van der Waals surface area contributed by atoms with Crippen LogP contribution in [0.2, 0.25) is 5.02 Å². The number of benzene rings is 2. The highest BCUT2D eigenvalue weighted by Crippen LogP contribution is 2.25. The summed E-state index contributed by atoms with van der Waals surface area (Å²) in [6.07, 6.45) is 0. The molecule has 114 valence electrons. The van der Waals surface area contributed by atoms with Gasteiger partial charge in [0.15, 0.2) is 5.11 Å². The van der Waals surface area contributed by atoms with Crippen LogP contribution in [-0.2, 0) is 0 Å². The molecule has 2 rings (SSSR count). The van der Waals surface area contributed by atoms with Crippen molar-refractivity contribution < 1.29 is 4.92 Å². The van der Waals surface area contributed by atoms with Crippen molar-refractivity contribution in [2.45, 2.75) is 6.92 Å². The zero-order valence-electron chi connectivity index (χ0n) is 11.6. The van der Waals surface area contributed by atoms with Crippen LogP contribution < -0.4 is 16.4 Å². The molecular weight excluding hydrogens is 324 g/mol. The third-order valence-corrected chi connectivity index (χ3v) is 3.53. The molecule has 0 saturated heterocycles. The maximum atomic E-state index is 10.9. The minimum absolute atomic E-state index is 0.0970. The molecule has 2 aromatic rings. The first-order valence-electron chi connectivity index (χ1n) is 6.25. The van der Waals surface area contributed by atoms with Crippen molar-refractivity contribution in [1.82, 2.24) is 0 Å². The van der Waals surface area contributed by atoms with E-state index in [0.717, 1.165) is 11.3 Å². The standard InChI is InChI=1S/C14H13ClN4O2S/c1-8-2-3-9(6-11(8)15)17-14(22)18-10-4-5-12(16)13(7-10)19(20)21/h2-7H,16H2,1H3,(H2,17,18,22).